The third-order valence-corrected chi connectivity index (χ3v) is 5.89. The average molecular weight is 417 g/mol. The first-order chi connectivity index (χ1) is 14.6. The van der Waals surface area contributed by atoms with Crippen LogP contribution in [0.3, 0.4) is 0 Å². The van der Waals surface area contributed by atoms with E-state index in [0.717, 1.165) is 39.8 Å². The van der Waals surface area contributed by atoms with Gasteiger partial charge in [-0.1, -0.05) is 67.1 Å². The topological polar surface area (TPSA) is 70.7 Å². The Morgan fingerprint density at radius 3 is 2.60 bits per heavy atom. The zero-order chi connectivity index (χ0) is 20.9. The van der Waals surface area contributed by atoms with Crippen LogP contribution in [-0.2, 0) is 11.2 Å². The average Bonchev–Trinajstić information content (AvgIpc) is 3.43. The molecule has 1 atom stereocenters. The Balaban J connectivity index is 1.40. The number of nitrogens with zero attached hydrogens (tertiary/aromatic N) is 2. The van der Waals surface area contributed by atoms with Gasteiger partial charge in [0.2, 0.25) is 5.91 Å². The van der Waals surface area contributed by atoms with Gasteiger partial charge in [-0.3, -0.25) is 4.79 Å². The molecule has 2 aromatic carbocycles. The first kappa shape index (κ1) is 20.0. The second-order valence-corrected chi connectivity index (χ2v) is 8.12. The van der Waals surface area contributed by atoms with Gasteiger partial charge < -0.3 is 10.3 Å². The van der Waals surface area contributed by atoms with Crippen LogP contribution in [0.15, 0.2) is 66.2 Å². The molecule has 0 aliphatic rings. The van der Waals surface area contributed by atoms with Crippen molar-refractivity contribution in [3.8, 4) is 21.8 Å². The van der Waals surface area contributed by atoms with Gasteiger partial charge in [0.15, 0.2) is 0 Å². The fraction of sp³-hybridized carbons (Fsp3) is 0.208. The van der Waals surface area contributed by atoms with Gasteiger partial charge in [-0.15, -0.1) is 11.3 Å². The molecule has 0 aliphatic carbocycles. The van der Waals surface area contributed by atoms with Gasteiger partial charge in [0.05, 0.1) is 30.0 Å². The molecule has 1 unspecified atom stereocenters. The molecule has 0 aliphatic heterocycles. The summed E-state index contributed by atoms with van der Waals surface area (Å²) >= 11 is 1.56. The molecule has 0 spiro atoms. The van der Waals surface area contributed by atoms with Crippen molar-refractivity contribution in [2.75, 3.05) is 0 Å². The molecule has 0 bridgehead atoms. The standard InChI is InChI=1S/C24H24N4OS/c1-3-20(23-25-14-21(28-23)17-7-5-4-6-8-17)27-22(29)13-19-15-30-24(26-19)18-11-9-16(2)10-12-18/h4-12,14-15,20H,3,13H2,1-2H3,(H,25,28)(H,27,29). The lowest BCUT2D eigenvalue weighted by Crippen LogP contribution is -2.30. The van der Waals surface area contributed by atoms with Crippen LogP contribution in [0.1, 0.15) is 36.5 Å². The van der Waals surface area contributed by atoms with Crippen LogP contribution in [0.5, 0.6) is 0 Å². The molecule has 2 N–H and O–H groups in total. The van der Waals surface area contributed by atoms with Gasteiger partial charge in [0.25, 0.3) is 0 Å². The molecule has 5 nitrogen and oxygen atoms in total. The van der Waals surface area contributed by atoms with E-state index in [1.165, 1.54) is 5.56 Å². The summed E-state index contributed by atoms with van der Waals surface area (Å²) in [6.45, 7) is 4.10. The highest BCUT2D eigenvalue weighted by Gasteiger charge is 2.17. The summed E-state index contributed by atoms with van der Waals surface area (Å²) in [7, 11) is 0. The second-order valence-electron chi connectivity index (χ2n) is 7.26. The van der Waals surface area contributed by atoms with Crippen molar-refractivity contribution in [2.24, 2.45) is 0 Å². The number of aromatic nitrogens is 3. The van der Waals surface area contributed by atoms with Crippen molar-refractivity contribution in [2.45, 2.75) is 32.7 Å². The first-order valence-corrected chi connectivity index (χ1v) is 10.9. The quantitative estimate of drug-likeness (QED) is 0.428. The number of imidazole rings is 1. The number of rotatable bonds is 7. The third kappa shape index (κ3) is 4.66. The predicted octanol–water partition coefficient (Wildman–Crippen LogP) is 5.32. The Hall–Kier alpha value is -3.25. The van der Waals surface area contributed by atoms with Crippen molar-refractivity contribution in [1.29, 1.82) is 0 Å². The maximum Gasteiger partial charge on any atom is 0.226 e. The summed E-state index contributed by atoms with van der Waals surface area (Å²) in [6.07, 6.45) is 2.82. The summed E-state index contributed by atoms with van der Waals surface area (Å²) in [5.74, 6) is 0.712. The van der Waals surface area contributed by atoms with E-state index in [9.17, 15) is 4.79 Å². The molecule has 0 saturated carbocycles. The number of amides is 1. The molecule has 2 aromatic heterocycles. The van der Waals surface area contributed by atoms with Crippen LogP contribution in [0.2, 0.25) is 0 Å². The SMILES string of the molecule is CCC(NC(=O)Cc1csc(-c2ccc(C)cc2)n1)c1ncc(-c2ccccc2)[nH]1. The lowest BCUT2D eigenvalue weighted by atomic mass is 10.1. The van der Waals surface area contributed by atoms with E-state index in [1.54, 1.807) is 11.3 Å². The summed E-state index contributed by atoms with van der Waals surface area (Å²) in [5, 5.41) is 5.97. The molecule has 4 rings (SSSR count). The van der Waals surface area contributed by atoms with E-state index >= 15 is 0 Å². The van der Waals surface area contributed by atoms with Crippen molar-refractivity contribution in [3.05, 3.63) is 83.3 Å². The molecule has 0 fully saturated rings. The fourth-order valence-electron chi connectivity index (χ4n) is 3.27. The summed E-state index contributed by atoms with van der Waals surface area (Å²) in [6, 6.07) is 18.1. The molecule has 6 heteroatoms. The van der Waals surface area contributed by atoms with Crippen molar-refractivity contribution < 1.29 is 4.79 Å². The number of carbonyl (C=O) groups excluding carboxylic acids is 1. The second kappa shape index (κ2) is 9.05. The fourth-order valence-corrected chi connectivity index (χ4v) is 4.09. The predicted molar refractivity (Wildman–Crippen MR) is 121 cm³/mol. The molecule has 0 radical (unpaired) electrons. The Morgan fingerprint density at radius 2 is 1.87 bits per heavy atom. The van der Waals surface area contributed by atoms with Crippen LogP contribution in [0.4, 0.5) is 0 Å². The minimum absolute atomic E-state index is 0.0553. The number of hydrogen-bond donors (Lipinski definition) is 2. The maximum absolute atomic E-state index is 12.6. The Kier molecular flexibility index (Phi) is 6.05. The summed E-state index contributed by atoms with van der Waals surface area (Å²) < 4.78 is 0. The van der Waals surface area contributed by atoms with Crippen LogP contribution in [0, 0.1) is 6.92 Å². The first-order valence-electron chi connectivity index (χ1n) is 10.0. The van der Waals surface area contributed by atoms with Gasteiger partial charge in [-0.05, 0) is 18.9 Å². The van der Waals surface area contributed by atoms with Crippen molar-refractivity contribution in [3.63, 3.8) is 0 Å². The number of aromatic amines is 1. The molecule has 0 saturated heterocycles. The number of H-pyrrole nitrogens is 1. The molecular weight excluding hydrogens is 392 g/mol. The van der Waals surface area contributed by atoms with Gasteiger partial charge >= 0.3 is 0 Å². The monoisotopic (exact) mass is 416 g/mol. The third-order valence-electron chi connectivity index (χ3n) is 4.95. The molecular formula is C24H24N4OS. The lowest BCUT2D eigenvalue weighted by molar-refractivity contribution is -0.121. The minimum atomic E-state index is -0.162. The number of hydrogen-bond acceptors (Lipinski definition) is 4. The number of thiazole rings is 1. The van der Waals surface area contributed by atoms with Gasteiger partial charge in [-0.2, -0.15) is 0 Å². The van der Waals surface area contributed by atoms with Crippen molar-refractivity contribution >= 4 is 17.2 Å². The Labute approximate surface area is 180 Å². The van der Waals surface area contributed by atoms with Crippen LogP contribution in [0.25, 0.3) is 21.8 Å². The normalized spacial score (nSPS) is 11.9. The Morgan fingerprint density at radius 1 is 1.10 bits per heavy atom. The molecule has 152 valence electrons. The summed E-state index contributed by atoms with van der Waals surface area (Å²) in [5.41, 5.74) is 5.10. The largest absolute Gasteiger partial charge is 0.346 e. The van der Waals surface area contributed by atoms with Gasteiger partial charge in [-0.25, -0.2) is 9.97 Å². The summed E-state index contributed by atoms with van der Waals surface area (Å²) in [4.78, 5) is 25.1. The van der Waals surface area contributed by atoms with Crippen LogP contribution >= 0.6 is 11.3 Å². The smallest absolute Gasteiger partial charge is 0.226 e. The highest BCUT2D eigenvalue weighted by molar-refractivity contribution is 7.13. The van der Waals surface area contributed by atoms with E-state index in [4.69, 9.17) is 0 Å². The highest BCUT2D eigenvalue weighted by Crippen LogP contribution is 2.25. The number of aryl methyl sites for hydroxylation is 1. The molecule has 1 amide bonds. The zero-order valence-electron chi connectivity index (χ0n) is 17.1. The highest BCUT2D eigenvalue weighted by atomic mass is 32.1. The number of nitrogens with one attached hydrogen (secondary N) is 2. The van der Waals surface area contributed by atoms with Crippen molar-refractivity contribution in [1.82, 2.24) is 20.3 Å². The van der Waals surface area contributed by atoms with Crippen LogP contribution < -0.4 is 5.32 Å². The van der Waals surface area contributed by atoms with Crippen LogP contribution in [-0.4, -0.2) is 20.9 Å². The van der Waals surface area contributed by atoms with E-state index in [0.29, 0.717) is 0 Å². The number of benzene rings is 2. The van der Waals surface area contributed by atoms with E-state index < -0.39 is 0 Å². The number of carbonyl (C=O) groups is 1. The Bertz CT molecular complexity index is 1120. The molecule has 2 heterocycles. The van der Waals surface area contributed by atoms with E-state index in [2.05, 4.69) is 51.5 Å². The van der Waals surface area contributed by atoms with Gasteiger partial charge in [0, 0.05) is 10.9 Å². The lowest BCUT2D eigenvalue weighted by Gasteiger charge is -2.14. The minimum Gasteiger partial charge on any atom is -0.346 e. The van der Waals surface area contributed by atoms with E-state index in [1.807, 2.05) is 48.8 Å². The zero-order valence-corrected chi connectivity index (χ0v) is 17.9. The van der Waals surface area contributed by atoms with E-state index in [-0.39, 0.29) is 18.4 Å². The van der Waals surface area contributed by atoms with Gasteiger partial charge in [0.1, 0.15) is 10.8 Å². The molecule has 30 heavy (non-hydrogen) atoms. The maximum atomic E-state index is 12.6. The molecule has 4 aromatic rings.